The van der Waals surface area contributed by atoms with E-state index in [4.69, 9.17) is 15.2 Å². The van der Waals surface area contributed by atoms with Gasteiger partial charge in [-0.2, -0.15) is 4.98 Å². The van der Waals surface area contributed by atoms with Gasteiger partial charge in [-0.3, -0.25) is 4.79 Å². The van der Waals surface area contributed by atoms with Gasteiger partial charge < -0.3 is 35.2 Å². The van der Waals surface area contributed by atoms with Crippen LogP contribution in [-0.4, -0.2) is 64.0 Å². The molecule has 32 heavy (non-hydrogen) atoms. The highest BCUT2D eigenvalue weighted by Crippen LogP contribution is 2.33. The Morgan fingerprint density at radius 2 is 1.69 bits per heavy atom. The number of nitrogens with zero attached hydrogens (tertiary/aromatic N) is 4. The third-order valence-electron chi connectivity index (χ3n) is 5.84. The minimum Gasteiger partial charge on any atom is -0.454 e. The Balaban J connectivity index is 1.33. The van der Waals surface area contributed by atoms with Gasteiger partial charge in [0, 0.05) is 37.1 Å². The minimum atomic E-state index is -0.203. The summed E-state index contributed by atoms with van der Waals surface area (Å²) in [6.45, 7) is 1.91. The maximum absolute atomic E-state index is 12.9. The van der Waals surface area contributed by atoms with Crippen LogP contribution in [0, 0.1) is 0 Å². The molecule has 3 aromatic rings. The SMILES string of the molecule is Nc1nc(N2CCN(C(=O)c3ccc4c(c3)OCO4)CC2)nc2cc(CO)c(CO)cc12. The molecule has 2 aromatic carbocycles. The highest BCUT2D eigenvalue weighted by Gasteiger charge is 2.25. The summed E-state index contributed by atoms with van der Waals surface area (Å²) in [6.07, 6.45) is 0. The zero-order valence-electron chi connectivity index (χ0n) is 17.3. The number of piperazine rings is 1. The van der Waals surface area contributed by atoms with Crippen LogP contribution in [-0.2, 0) is 13.2 Å². The molecule has 0 spiro atoms. The molecule has 4 N–H and O–H groups in total. The lowest BCUT2D eigenvalue weighted by Crippen LogP contribution is -2.49. The van der Waals surface area contributed by atoms with E-state index in [1.54, 1.807) is 35.2 Å². The van der Waals surface area contributed by atoms with Crippen LogP contribution in [0.4, 0.5) is 11.8 Å². The number of hydrogen-bond donors (Lipinski definition) is 3. The van der Waals surface area contributed by atoms with Gasteiger partial charge >= 0.3 is 0 Å². The molecule has 10 nitrogen and oxygen atoms in total. The van der Waals surface area contributed by atoms with Crippen molar-refractivity contribution in [3.63, 3.8) is 0 Å². The average Bonchev–Trinajstić information content (AvgIpc) is 3.31. The Morgan fingerprint density at radius 3 is 2.44 bits per heavy atom. The zero-order valence-corrected chi connectivity index (χ0v) is 17.3. The molecule has 0 atom stereocenters. The van der Waals surface area contributed by atoms with E-state index >= 15 is 0 Å². The number of aliphatic hydroxyl groups excluding tert-OH is 2. The average molecular weight is 437 g/mol. The van der Waals surface area contributed by atoms with Crippen molar-refractivity contribution < 1.29 is 24.5 Å². The summed E-state index contributed by atoms with van der Waals surface area (Å²) in [5.41, 5.74) is 8.53. The molecule has 2 aliphatic rings. The topological polar surface area (TPSA) is 134 Å². The summed E-state index contributed by atoms with van der Waals surface area (Å²) >= 11 is 0. The van der Waals surface area contributed by atoms with E-state index in [-0.39, 0.29) is 25.9 Å². The molecule has 0 unspecified atom stereocenters. The molecule has 0 bridgehead atoms. The monoisotopic (exact) mass is 437 g/mol. The molecule has 10 heteroatoms. The molecule has 0 saturated carbocycles. The van der Waals surface area contributed by atoms with Crippen molar-refractivity contribution in [1.29, 1.82) is 0 Å². The van der Waals surface area contributed by atoms with E-state index in [0.29, 0.717) is 77.0 Å². The minimum absolute atomic E-state index is 0.0639. The van der Waals surface area contributed by atoms with Crippen molar-refractivity contribution in [3.05, 3.63) is 47.0 Å². The second-order valence-corrected chi connectivity index (χ2v) is 7.71. The van der Waals surface area contributed by atoms with Crippen molar-refractivity contribution in [2.45, 2.75) is 13.2 Å². The van der Waals surface area contributed by atoms with Gasteiger partial charge in [0.1, 0.15) is 5.82 Å². The highest BCUT2D eigenvalue weighted by atomic mass is 16.7. The van der Waals surface area contributed by atoms with E-state index in [2.05, 4.69) is 9.97 Å². The number of hydrogen-bond acceptors (Lipinski definition) is 9. The molecular weight excluding hydrogens is 414 g/mol. The molecule has 0 aliphatic carbocycles. The summed E-state index contributed by atoms with van der Waals surface area (Å²) in [7, 11) is 0. The van der Waals surface area contributed by atoms with Crippen LogP contribution in [0.5, 0.6) is 11.5 Å². The Bertz CT molecular complexity index is 1190. The number of rotatable bonds is 4. The number of carbonyl (C=O) groups excluding carboxylic acids is 1. The van der Waals surface area contributed by atoms with Gasteiger partial charge in [-0.15, -0.1) is 0 Å². The lowest BCUT2D eigenvalue weighted by molar-refractivity contribution is 0.0746. The smallest absolute Gasteiger partial charge is 0.254 e. The first-order valence-corrected chi connectivity index (χ1v) is 10.3. The lowest BCUT2D eigenvalue weighted by atomic mass is 10.1. The number of amides is 1. The van der Waals surface area contributed by atoms with Gasteiger partial charge in [0.05, 0.1) is 18.7 Å². The van der Waals surface area contributed by atoms with Crippen LogP contribution < -0.4 is 20.1 Å². The maximum Gasteiger partial charge on any atom is 0.254 e. The second-order valence-electron chi connectivity index (χ2n) is 7.71. The standard InChI is InChI=1S/C22H23N5O5/c23-20-16-7-14(10-28)15(11-29)8-17(16)24-22(25-20)27-5-3-26(4-6-27)21(30)13-1-2-18-19(9-13)32-12-31-18/h1-2,7-9,28-29H,3-6,10-12H2,(H2,23,24,25). The number of nitrogens with two attached hydrogens (primary N) is 1. The van der Waals surface area contributed by atoms with E-state index < -0.39 is 0 Å². The summed E-state index contributed by atoms with van der Waals surface area (Å²) in [4.78, 5) is 25.7. The van der Waals surface area contributed by atoms with Crippen LogP contribution in [0.2, 0.25) is 0 Å². The van der Waals surface area contributed by atoms with Crippen LogP contribution >= 0.6 is 0 Å². The van der Waals surface area contributed by atoms with E-state index in [0.717, 1.165) is 0 Å². The van der Waals surface area contributed by atoms with E-state index in [9.17, 15) is 15.0 Å². The predicted molar refractivity (Wildman–Crippen MR) is 116 cm³/mol. The van der Waals surface area contributed by atoms with Gasteiger partial charge in [0.15, 0.2) is 11.5 Å². The molecule has 2 aliphatic heterocycles. The predicted octanol–water partition coefficient (Wildman–Crippen LogP) is 0.888. The number of anilines is 2. The van der Waals surface area contributed by atoms with E-state index in [1.807, 2.05) is 4.90 Å². The Morgan fingerprint density at radius 1 is 0.969 bits per heavy atom. The summed E-state index contributed by atoms with van der Waals surface area (Å²) in [6, 6.07) is 8.64. The first kappa shape index (κ1) is 20.3. The van der Waals surface area contributed by atoms with Gasteiger partial charge in [-0.05, 0) is 41.5 Å². The summed E-state index contributed by atoms with van der Waals surface area (Å²) in [5, 5.41) is 19.7. The number of ether oxygens (including phenoxy) is 2. The molecule has 1 fully saturated rings. The maximum atomic E-state index is 12.9. The first-order chi connectivity index (χ1) is 15.6. The largest absolute Gasteiger partial charge is 0.454 e. The molecule has 1 aromatic heterocycles. The van der Waals surface area contributed by atoms with Crippen molar-refractivity contribution in [1.82, 2.24) is 14.9 Å². The molecule has 1 amide bonds. The number of aliphatic hydroxyl groups is 2. The van der Waals surface area contributed by atoms with E-state index in [1.165, 1.54) is 0 Å². The highest BCUT2D eigenvalue weighted by molar-refractivity contribution is 5.95. The summed E-state index contributed by atoms with van der Waals surface area (Å²) in [5.74, 6) is 1.95. The Hall–Kier alpha value is -3.63. The third kappa shape index (κ3) is 3.53. The van der Waals surface area contributed by atoms with Gasteiger partial charge in [0.2, 0.25) is 12.7 Å². The fourth-order valence-electron chi connectivity index (χ4n) is 4.03. The quantitative estimate of drug-likeness (QED) is 0.544. The first-order valence-electron chi connectivity index (χ1n) is 10.3. The van der Waals surface area contributed by atoms with Crippen molar-refractivity contribution in [3.8, 4) is 11.5 Å². The number of benzene rings is 2. The van der Waals surface area contributed by atoms with Crippen LogP contribution in [0.15, 0.2) is 30.3 Å². The fourth-order valence-corrected chi connectivity index (χ4v) is 4.03. The number of fused-ring (bicyclic) bond motifs is 2. The van der Waals surface area contributed by atoms with Gasteiger partial charge in [-0.1, -0.05) is 0 Å². The number of nitrogen functional groups attached to an aromatic ring is 1. The molecule has 166 valence electrons. The Kier molecular flexibility index (Phi) is 5.16. The zero-order chi connectivity index (χ0) is 22.2. The van der Waals surface area contributed by atoms with Crippen molar-refractivity contribution in [2.24, 2.45) is 0 Å². The second kappa shape index (κ2) is 8.13. The van der Waals surface area contributed by atoms with Crippen LogP contribution in [0.25, 0.3) is 10.9 Å². The molecule has 5 rings (SSSR count). The lowest BCUT2D eigenvalue weighted by Gasteiger charge is -2.35. The fraction of sp³-hybridized carbons (Fsp3) is 0.318. The molecule has 0 radical (unpaired) electrons. The van der Waals surface area contributed by atoms with Crippen LogP contribution in [0.1, 0.15) is 21.5 Å². The van der Waals surface area contributed by atoms with Gasteiger partial charge in [0.25, 0.3) is 5.91 Å². The number of aromatic nitrogens is 2. The van der Waals surface area contributed by atoms with Gasteiger partial charge in [-0.25, -0.2) is 4.98 Å². The molecule has 1 saturated heterocycles. The normalized spacial score (nSPS) is 15.4. The van der Waals surface area contributed by atoms with Crippen molar-refractivity contribution in [2.75, 3.05) is 43.6 Å². The molecular formula is C22H23N5O5. The van der Waals surface area contributed by atoms with Crippen LogP contribution in [0.3, 0.4) is 0 Å². The summed E-state index contributed by atoms with van der Waals surface area (Å²) < 4.78 is 10.7. The van der Waals surface area contributed by atoms with Crippen molar-refractivity contribution >= 4 is 28.6 Å². The molecule has 3 heterocycles. The number of carbonyl (C=O) groups is 1. The third-order valence-corrected chi connectivity index (χ3v) is 5.84. The Labute approximate surface area is 183 Å².